The van der Waals surface area contributed by atoms with Crippen LogP contribution >= 0.6 is 49.2 Å². The Morgan fingerprint density at radius 3 is 0.962 bits per heavy atom. The summed E-state index contributed by atoms with van der Waals surface area (Å²) in [4.78, 5) is 0. The van der Waals surface area contributed by atoms with E-state index >= 15 is 0 Å². The maximum absolute atomic E-state index is 5.53. The fourth-order valence-corrected chi connectivity index (χ4v) is 6.74. The molecule has 0 aromatic heterocycles. The molecule has 0 spiro atoms. The monoisotopic (exact) mass is 794 g/mol. The van der Waals surface area contributed by atoms with Gasteiger partial charge in [0, 0.05) is 38.0 Å². The van der Waals surface area contributed by atoms with Crippen molar-refractivity contribution in [3.8, 4) is 0 Å². The van der Waals surface area contributed by atoms with Crippen LogP contribution in [0.1, 0.15) is 79.0 Å². The second-order valence-electron chi connectivity index (χ2n) is 13.0. The van der Waals surface area contributed by atoms with E-state index in [0.29, 0.717) is 11.8 Å². The van der Waals surface area contributed by atoms with Crippen LogP contribution in [0.15, 0.2) is 121 Å². The van der Waals surface area contributed by atoms with Gasteiger partial charge < -0.3 is 31.9 Å². The highest BCUT2D eigenvalue weighted by molar-refractivity contribution is 7.80. The Morgan fingerprint density at radius 2 is 0.642 bits per heavy atom. The predicted octanol–water partition coefficient (Wildman–Crippen LogP) is 8.33. The van der Waals surface area contributed by atoms with E-state index in [1.807, 2.05) is 0 Å². The van der Waals surface area contributed by atoms with Gasteiger partial charge in [-0.15, -0.1) is 24.8 Å². The van der Waals surface area contributed by atoms with Crippen LogP contribution < -0.4 is 31.9 Å². The van der Waals surface area contributed by atoms with Gasteiger partial charge in [-0.25, -0.2) is 0 Å². The van der Waals surface area contributed by atoms with Gasteiger partial charge in [0.05, 0.1) is 0 Å². The Kier molecular flexibility index (Phi) is 25.3. The number of hydrogen-bond acceptors (Lipinski definition) is 4. The van der Waals surface area contributed by atoms with Crippen LogP contribution in [0.25, 0.3) is 0 Å². The lowest BCUT2D eigenvalue weighted by molar-refractivity contribution is 0.557. The van der Waals surface area contributed by atoms with E-state index in [0.717, 1.165) is 88.3 Å². The molecule has 0 heterocycles. The maximum Gasteiger partial charge on any atom is 0.166 e. The summed E-state index contributed by atoms with van der Waals surface area (Å²) in [5.74, 6) is 0.709. The first-order valence-electron chi connectivity index (χ1n) is 18.9. The summed E-state index contributed by atoms with van der Waals surface area (Å²) in [6, 6.07) is 42.9. The van der Waals surface area contributed by atoms with Gasteiger partial charge >= 0.3 is 0 Å². The van der Waals surface area contributed by atoms with E-state index < -0.39 is 0 Å². The maximum atomic E-state index is 5.53. The Labute approximate surface area is 342 Å². The molecule has 6 nitrogen and oxygen atoms in total. The number of benzene rings is 4. The van der Waals surface area contributed by atoms with Gasteiger partial charge in [-0.1, -0.05) is 128 Å². The molecule has 10 heteroatoms. The molecule has 0 radical (unpaired) electrons. The molecule has 0 aliphatic carbocycles. The fraction of sp³-hybridized carbons (Fsp3) is 0.395. The first-order chi connectivity index (χ1) is 25.2. The van der Waals surface area contributed by atoms with Crippen molar-refractivity contribution < 1.29 is 0 Å². The first kappa shape index (κ1) is 45.9. The van der Waals surface area contributed by atoms with Crippen LogP contribution in [0.4, 0.5) is 0 Å². The van der Waals surface area contributed by atoms with Crippen molar-refractivity contribution in [3.05, 3.63) is 144 Å². The lowest BCUT2D eigenvalue weighted by Gasteiger charge is -2.19. The molecule has 53 heavy (non-hydrogen) atoms. The topological polar surface area (TPSA) is 72.2 Å². The Hall–Kier alpha value is -3.24. The molecule has 0 saturated carbocycles. The SMILES string of the molecule is Cl.Cl.S=C(NCCCNCCCCCNCCCNC(=S)NCCC(c1ccccc1)c1ccccc1)NCCC(c1ccccc1)c1ccccc1. The van der Waals surface area contributed by atoms with Crippen molar-refractivity contribution in [3.63, 3.8) is 0 Å². The molecule has 4 aromatic rings. The van der Waals surface area contributed by atoms with Crippen molar-refractivity contribution in [2.75, 3.05) is 52.4 Å². The van der Waals surface area contributed by atoms with E-state index in [-0.39, 0.29) is 24.8 Å². The van der Waals surface area contributed by atoms with Crippen molar-refractivity contribution in [2.24, 2.45) is 0 Å². The van der Waals surface area contributed by atoms with Gasteiger partial charge in [0.1, 0.15) is 0 Å². The summed E-state index contributed by atoms with van der Waals surface area (Å²) >= 11 is 11.1. The molecule has 4 rings (SSSR count). The van der Waals surface area contributed by atoms with E-state index in [2.05, 4.69) is 153 Å². The summed E-state index contributed by atoms with van der Waals surface area (Å²) in [5.41, 5.74) is 5.36. The summed E-state index contributed by atoms with van der Waals surface area (Å²) in [6.07, 6.45) is 7.72. The average molecular weight is 796 g/mol. The number of hydrogen-bond donors (Lipinski definition) is 6. The van der Waals surface area contributed by atoms with Gasteiger partial charge in [-0.3, -0.25) is 0 Å². The minimum Gasteiger partial charge on any atom is -0.363 e. The van der Waals surface area contributed by atoms with Crippen molar-refractivity contribution in [1.29, 1.82) is 0 Å². The summed E-state index contributed by atoms with van der Waals surface area (Å²) in [7, 11) is 0. The number of thiocarbonyl (C=S) groups is 2. The molecule has 0 bridgehead atoms. The van der Waals surface area contributed by atoms with Crippen LogP contribution in [0.3, 0.4) is 0 Å². The quantitative estimate of drug-likeness (QED) is 0.0313. The van der Waals surface area contributed by atoms with Crippen LogP contribution in [0, 0.1) is 0 Å². The highest BCUT2D eigenvalue weighted by Crippen LogP contribution is 2.28. The standard InChI is InChI=1S/C43H58N6S2.2ClH/c50-42(48-34-26-40(36-18-6-1-7-19-36)37-20-8-2-9-21-37)46-32-16-30-44-28-14-5-15-29-45-31-17-33-47-43(51)49-35-27-41(38-22-10-3-11-23-38)39-24-12-4-13-25-39;;/h1-4,6-13,18-25,40-41,44-45H,5,14-17,26-35H2,(H2,46,48,50)(H2,47,49,51);2*1H. The van der Waals surface area contributed by atoms with Crippen molar-refractivity contribution in [2.45, 2.75) is 56.8 Å². The van der Waals surface area contributed by atoms with Gasteiger partial charge in [-0.2, -0.15) is 0 Å². The van der Waals surface area contributed by atoms with Gasteiger partial charge in [0.25, 0.3) is 0 Å². The lowest BCUT2D eigenvalue weighted by Crippen LogP contribution is -2.37. The van der Waals surface area contributed by atoms with E-state index in [9.17, 15) is 0 Å². The predicted molar refractivity (Wildman–Crippen MR) is 239 cm³/mol. The van der Waals surface area contributed by atoms with E-state index in [1.54, 1.807) is 0 Å². The molecular formula is C43H60Cl2N6S2. The Morgan fingerprint density at radius 1 is 0.358 bits per heavy atom. The highest BCUT2D eigenvalue weighted by Gasteiger charge is 2.15. The number of halogens is 2. The molecule has 0 unspecified atom stereocenters. The largest absolute Gasteiger partial charge is 0.363 e. The average Bonchev–Trinajstić information content (AvgIpc) is 3.18. The third-order valence-electron chi connectivity index (χ3n) is 9.08. The van der Waals surface area contributed by atoms with Crippen LogP contribution in [0.5, 0.6) is 0 Å². The van der Waals surface area contributed by atoms with Gasteiger partial charge in [0.15, 0.2) is 10.2 Å². The minimum absolute atomic E-state index is 0. The minimum atomic E-state index is 0. The molecule has 4 aromatic carbocycles. The highest BCUT2D eigenvalue weighted by atomic mass is 35.5. The first-order valence-corrected chi connectivity index (χ1v) is 19.7. The second-order valence-corrected chi connectivity index (χ2v) is 13.8. The molecule has 0 aliphatic rings. The second kappa shape index (κ2) is 29.2. The number of nitrogens with one attached hydrogen (secondary N) is 6. The van der Waals surface area contributed by atoms with Crippen LogP contribution in [-0.2, 0) is 0 Å². The molecule has 0 saturated heterocycles. The van der Waals surface area contributed by atoms with E-state index in [4.69, 9.17) is 24.4 Å². The zero-order chi connectivity index (χ0) is 35.6. The Bertz CT molecular complexity index is 1290. The Balaban J connectivity index is 0.00000486. The molecule has 288 valence electrons. The van der Waals surface area contributed by atoms with Crippen LogP contribution in [0.2, 0.25) is 0 Å². The molecule has 0 atom stereocenters. The third-order valence-corrected chi connectivity index (χ3v) is 9.66. The summed E-state index contributed by atoms with van der Waals surface area (Å²) in [6.45, 7) is 7.56. The summed E-state index contributed by atoms with van der Waals surface area (Å²) < 4.78 is 0. The molecule has 0 amide bonds. The summed E-state index contributed by atoms with van der Waals surface area (Å²) in [5, 5.41) is 22.2. The zero-order valence-electron chi connectivity index (χ0n) is 30.9. The van der Waals surface area contributed by atoms with Gasteiger partial charge in [0.2, 0.25) is 0 Å². The van der Waals surface area contributed by atoms with E-state index in [1.165, 1.54) is 41.5 Å². The molecule has 0 fully saturated rings. The smallest absolute Gasteiger partial charge is 0.166 e. The normalized spacial score (nSPS) is 10.6. The number of rotatable bonds is 24. The van der Waals surface area contributed by atoms with Crippen LogP contribution in [-0.4, -0.2) is 62.6 Å². The van der Waals surface area contributed by atoms with Gasteiger partial charge in [-0.05, 0) is 111 Å². The molecule has 0 aliphatic heterocycles. The third kappa shape index (κ3) is 19.1. The zero-order valence-corrected chi connectivity index (χ0v) is 34.2. The fourth-order valence-electron chi connectivity index (χ4n) is 6.34. The lowest BCUT2D eigenvalue weighted by atomic mass is 9.88. The van der Waals surface area contributed by atoms with Crippen molar-refractivity contribution >= 4 is 59.5 Å². The molecular weight excluding hydrogens is 736 g/mol. The van der Waals surface area contributed by atoms with Crippen molar-refractivity contribution in [1.82, 2.24) is 31.9 Å². The number of unbranched alkanes of at least 4 members (excludes halogenated alkanes) is 2. The molecule has 6 N–H and O–H groups in total.